The fourth-order valence-corrected chi connectivity index (χ4v) is 6.09. The predicted molar refractivity (Wildman–Crippen MR) is 140 cm³/mol. The minimum absolute atomic E-state index is 0.0254. The number of hydrogen-bond acceptors (Lipinski definition) is 8. The summed E-state index contributed by atoms with van der Waals surface area (Å²) in [6, 6.07) is 1.34. The highest BCUT2D eigenvalue weighted by Crippen LogP contribution is 2.40. The second-order valence-electron chi connectivity index (χ2n) is 11.6. The van der Waals surface area contributed by atoms with Crippen LogP contribution < -0.4 is 15.0 Å². The molecule has 2 aromatic heterocycles. The van der Waals surface area contributed by atoms with Crippen molar-refractivity contribution in [2.75, 3.05) is 37.7 Å². The maximum Gasteiger partial charge on any atom is 0.407 e. The minimum Gasteiger partial charge on any atom is -0.461 e. The Morgan fingerprint density at radius 2 is 2.03 bits per heavy atom. The number of carbonyl (C=O) groups excluding carboxylic acids is 1. The van der Waals surface area contributed by atoms with Crippen molar-refractivity contribution in [1.82, 2.24) is 25.2 Å². The molecule has 2 aromatic rings. The maximum absolute atomic E-state index is 15.2. The molecule has 0 spiro atoms. The fourth-order valence-electron chi connectivity index (χ4n) is 5.91. The third kappa shape index (κ3) is 5.88. The Bertz CT molecular complexity index is 1200. The third-order valence-electron chi connectivity index (χ3n) is 7.49. The van der Waals surface area contributed by atoms with E-state index in [0.717, 1.165) is 38.6 Å². The van der Waals surface area contributed by atoms with Crippen LogP contribution in [0.4, 0.5) is 19.4 Å². The summed E-state index contributed by atoms with van der Waals surface area (Å²) in [5.74, 6) is -0.438. The van der Waals surface area contributed by atoms with E-state index in [1.165, 1.54) is 6.07 Å². The van der Waals surface area contributed by atoms with E-state index < -0.39 is 23.8 Å². The zero-order chi connectivity index (χ0) is 27.1. The Balaban J connectivity index is 1.43. The normalized spacial score (nSPS) is 26.3. The first-order chi connectivity index (χ1) is 18.0. The van der Waals surface area contributed by atoms with Gasteiger partial charge in [-0.2, -0.15) is 14.4 Å². The van der Waals surface area contributed by atoms with Gasteiger partial charge in [-0.3, -0.25) is 4.90 Å². The molecular weight excluding hydrogens is 518 g/mol. The predicted octanol–water partition coefficient (Wildman–Crippen LogP) is 4.66. The first-order valence-electron chi connectivity index (χ1n) is 13.3. The molecule has 0 saturated carbocycles. The molecule has 0 radical (unpaired) electrons. The molecule has 12 heteroatoms. The van der Waals surface area contributed by atoms with Crippen molar-refractivity contribution < 1.29 is 23.0 Å². The lowest BCUT2D eigenvalue weighted by Gasteiger charge is -2.31. The zero-order valence-corrected chi connectivity index (χ0v) is 22.9. The third-order valence-corrected chi connectivity index (χ3v) is 7.68. The van der Waals surface area contributed by atoms with Crippen molar-refractivity contribution in [1.29, 1.82) is 0 Å². The lowest BCUT2D eigenvalue weighted by Crippen LogP contribution is -2.45. The van der Waals surface area contributed by atoms with Crippen molar-refractivity contribution in [3.63, 3.8) is 0 Å². The largest absolute Gasteiger partial charge is 0.461 e. The summed E-state index contributed by atoms with van der Waals surface area (Å²) in [5, 5.41) is 3.06. The number of carbonyl (C=O) groups is 1. The first kappa shape index (κ1) is 27.1. The summed E-state index contributed by atoms with van der Waals surface area (Å²) in [6.07, 6.45) is 3.33. The number of aromatic nitrogens is 3. The Morgan fingerprint density at radius 1 is 1.21 bits per heavy atom. The van der Waals surface area contributed by atoms with E-state index in [1.54, 1.807) is 0 Å². The molecule has 0 aromatic carbocycles. The highest BCUT2D eigenvalue weighted by Gasteiger charge is 2.49. The van der Waals surface area contributed by atoms with Gasteiger partial charge in [-0.15, -0.1) is 0 Å². The molecular formula is C26H35ClF2N6O3. The van der Waals surface area contributed by atoms with E-state index >= 15 is 4.39 Å². The number of alkyl carbamates (subject to hydrolysis) is 1. The van der Waals surface area contributed by atoms with Crippen LogP contribution in [0.25, 0.3) is 10.9 Å². The molecule has 208 valence electrons. The molecule has 0 bridgehead atoms. The van der Waals surface area contributed by atoms with Crippen LogP contribution in [-0.2, 0) is 4.74 Å². The van der Waals surface area contributed by atoms with Crippen LogP contribution in [0.1, 0.15) is 59.3 Å². The average molecular weight is 553 g/mol. The van der Waals surface area contributed by atoms with Gasteiger partial charge in [-0.05, 0) is 59.4 Å². The monoisotopic (exact) mass is 552 g/mol. The fraction of sp³-hybridized carbons (Fsp3) is 0.692. The molecule has 5 heterocycles. The van der Waals surface area contributed by atoms with E-state index in [2.05, 4.69) is 25.2 Å². The Morgan fingerprint density at radius 3 is 2.82 bits per heavy atom. The van der Waals surface area contributed by atoms with Crippen LogP contribution in [0.2, 0.25) is 5.15 Å². The number of rotatable bonds is 5. The lowest BCUT2D eigenvalue weighted by atomic mass is 9.95. The van der Waals surface area contributed by atoms with Crippen LogP contribution in [0, 0.1) is 5.95 Å². The van der Waals surface area contributed by atoms with Gasteiger partial charge in [-0.25, -0.2) is 14.2 Å². The number of anilines is 1. The summed E-state index contributed by atoms with van der Waals surface area (Å²) in [7, 11) is 0. The zero-order valence-electron chi connectivity index (χ0n) is 22.1. The standard InChI is InChI=1S/C26H35ClF2N6O3/c1-25(2,3)38-24(36)30-17-7-4-5-9-34(14-17)22-20-18(11-19(27)32-21(20)29)31-23(33-22)37-15-26-8-6-10-35(26)13-16(28)12-26/h11,16-17H,4-10,12-15H2,1-3H3,(H,30,36)/t16-,17-,26+/m1/s1. The number of nitrogens with zero attached hydrogens (tertiary/aromatic N) is 5. The molecule has 0 unspecified atom stereocenters. The first-order valence-corrected chi connectivity index (χ1v) is 13.7. The van der Waals surface area contributed by atoms with Crippen LogP contribution in [-0.4, -0.2) is 82.1 Å². The Kier molecular flexibility index (Phi) is 7.52. The van der Waals surface area contributed by atoms with Crippen LogP contribution in [0.15, 0.2) is 6.07 Å². The van der Waals surface area contributed by atoms with Crippen molar-refractivity contribution >= 4 is 34.4 Å². The number of ether oxygens (including phenoxy) is 2. The second kappa shape index (κ2) is 10.6. The number of nitrogens with one attached hydrogen (secondary N) is 1. The average Bonchev–Trinajstić information content (AvgIpc) is 3.22. The molecule has 3 atom stereocenters. The van der Waals surface area contributed by atoms with Gasteiger partial charge in [0, 0.05) is 38.2 Å². The van der Waals surface area contributed by atoms with Crippen LogP contribution in [0.3, 0.4) is 0 Å². The van der Waals surface area contributed by atoms with Crippen molar-refractivity contribution in [3.8, 4) is 6.01 Å². The molecule has 3 aliphatic heterocycles. The van der Waals surface area contributed by atoms with E-state index in [0.29, 0.717) is 31.9 Å². The topological polar surface area (TPSA) is 92.7 Å². The summed E-state index contributed by atoms with van der Waals surface area (Å²) in [5.41, 5.74) is -0.712. The maximum atomic E-state index is 15.2. The van der Waals surface area contributed by atoms with Crippen molar-refractivity contribution in [2.45, 2.75) is 82.6 Å². The van der Waals surface area contributed by atoms with Gasteiger partial charge >= 0.3 is 12.1 Å². The minimum atomic E-state index is -0.877. The van der Waals surface area contributed by atoms with Gasteiger partial charge in [0.2, 0.25) is 5.95 Å². The number of halogens is 3. The molecule has 3 aliphatic rings. The SMILES string of the molecule is CC(C)(C)OC(=O)N[C@@H]1CCCCN(c2nc(OC[C@@]34CCCN3C[C@H](F)C4)nc3cc(Cl)nc(F)c23)C1. The summed E-state index contributed by atoms with van der Waals surface area (Å²) in [6.45, 7) is 7.94. The van der Waals surface area contributed by atoms with Gasteiger partial charge in [-0.1, -0.05) is 11.6 Å². The van der Waals surface area contributed by atoms with Crippen molar-refractivity contribution in [2.24, 2.45) is 0 Å². The van der Waals surface area contributed by atoms with Gasteiger partial charge in [0.15, 0.2) is 0 Å². The second-order valence-corrected chi connectivity index (χ2v) is 12.0. The summed E-state index contributed by atoms with van der Waals surface area (Å²) >= 11 is 6.07. The lowest BCUT2D eigenvalue weighted by molar-refractivity contribution is 0.0504. The number of alkyl halides is 1. The van der Waals surface area contributed by atoms with Gasteiger partial charge in [0.1, 0.15) is 29.4 Å². The van der Waals surface area contributed by atoms with Gasteiger partial charge in [0.05, 0.1) is 16.4 Å². The van der Waals surface area contributed by atoms with E-state index in [1.807, 2.05) is 25.7 Å². The highest BCUT2D eigenvalue weighted by molar-refractivity contribution is 6.30. The number of hydrogen-bond donors (Lipinski definition) is 1. The molecule has 9 nitrogen and oxygen atoms in total. The molecule has 5 rings (SSSR count). The van der Waals surface area contributed by atoms with E-state index in [9.17, 15) is 9.18 Å². The molecule has 1 N–H and O–H groups in total. The van der Waals surface area contributed by atoms with E-state index in [4.69, 9.17) is 21.1 Å². The smallest absolute Gasteiger partial charge is 0.407 e. The molecule has 38 heavy (non-hydrogen) atoms. The van der Waals surface area contributed by atoms with E-state index in [-0.39, 0.29) is 40.3 Å². The molecule has 1 amide bonds. The summed E-state index contributed by atoms with van der Waals surface area (Å²) in [4.78, 5) is 29.4. The number of pyridine rings is 1. The van der Waals surface area contributed by atoms with Crippen LogP contribution >= 0.6 is 11.6 Å². The number of fused-ring (bicyclic) bond motifs is 2. The number of amides is 1. The Labute approximate surface area is 226 Å². The quantitative estimate of drug-likeness (QED) is 0.536. The summed E-state index contributed by atoms with van der Waals surface area (Å²) < 4.78 is 40.9. The molecule has 3 fully saturated rings. The van der Waals surface area contributed by atoms with Gasteiger partial charge < -0.3 is 19.7 Å². The van der Waals surface area contributed by atoms with Gasteiger partial charge in [0.25, 0.3) is 0 Å². The molecule has 0 aliphatic carbocycles. The highest BCUT2D eigenvalue weighted by atomic mass is 35.5. The van der Waals surface area contributed by atoms with Crippen LogP contribution in [0.5, 0.6) is 6.01 Å². The van der Waals surface area contributed by atoms with Crippen molar-refractivity contribution in [3.05, 3.63) is 17.2 Å². The Hall–Kier alpha value is -2.53. The molecule has 3 saturated heterocycles.